The minimum absolute atomic E-state index is 0.0897. The Hall–Kier alpha value is -1.35. The second-order valence-electron chi connectivity index (χ2n) is 3.85. The maximum absolute atomic E-state index is 11.7. The minimum Gasteiger partial charge on any atom is -0.377 e. The molecule has 1 heterocycles. The molecule has 4 nitrogen and oxygen atoms in total. The van der Waals surface area contributed by atoms with Crippen molar-refractivity contribution in [3.8, 4) is 11.8 Å². The molecule has 0 aliphatic rings. The molecule has 0 fully saturated rings. The van der Waals surface area contributed by atoms with Crippen LogP contribution < -0.4 is 11.1 Å². The van der Waals surface area contributed by atoms with Crippen LogP contribution in [0.1, 0.15) is 28.4 Å². The van der Waals surface area contributed by atoms with Gasteiger partial charge < -0.3 is 15.8 Å². The second-order valence-corrected chi connectivity index (χ2v) is 4.93. The van der Waals surface area contributed by atoms with E-state index in [9.17, 15) is 4.79 Å². The van der Waals surface area contributed by atoms with Crippen LogP contribution in [0.15, 0.2) is 12.1 Å². The van der Waals surface area contributed by atoms with Crippen molar-refractivity contribution in [3.05, 3.63) is 21.9 Å². The zero-order chi connectivity index (χ0) is 13.4. The summed E-state index contributed by atoms with van der Waals surface area (Å²) in [5.74, 6) is 5.57. The first-order valence-corrected chi connectivity index (χ1v) is 6.63. The monoisotopic (exact) mass is 266 g/mol. The van der Waals surface area contributed by atoms with Gasteiger partial charge in [0.25, 0.3) is 5.91 Å². The lowest BCUT2D eigenvalue weighted by Gasteiger charge is -2.07. The summed E-state index contributed by atoms with van der Waals surface area (Å²) in [6, 6.07) is 3.59. The fourth-order valence-corrected chi connectivity index (χ4v) is 2.01. The quantitative estimate of drug-likeness (QED) is 0.622. The van der Waals surface area contributed by atoms with Gasteiger partial charge in [-0.2, -0.15) is 0 Å². The highest BCUT2D eigenvalue weighted by Gasteiger charge is 2.07. The van der Waals surface area contributed by atoms with Crippen molar-refractivity contribution in [1.29, 1.82) is 0 Å². The Bertz CT molecular complexity index is 443. The molecule has 0 aromatic carbocycles. The molecule has 0 aliphatic carbocycles. The van der Waals surface area contributed by atoms with E-state index in [0.29, 0.717) is 24.6 Å². The Labute approximate surface area is 112 Å². The van der Waals surface area contributed by atoms with Crippen LogP contribution in [0.3, 0.4) is 0 Å². The standard InChI is InChI=1S/C13H18N2O2S/c1-10(2)17-9-8-15-13(16)12-6-5-11(18-12)4-3-7-14/h5-6,10H,7-9,14H2,1-2H3,(H,15,16). The zero-order valence-electron chi connectivity index (χ0n) is 10.7. The number of carbonyl (C=O) groups excluding carboxylic acids is 1. The summed E-state index contributed by atoms with van der Waals surface area (Å²) >= 11 is 1.36. The molecule has 0 unspecified atom stereocenters. The van der Waals surface area contributed by atoms with E-state index >= 15 is 0 Å². The number of ether oxygens (including phenoxy) is 1. The summed E-state index contributed by atoms with van der Waals surface area (Å²) in [5, 5.41) is 2.80. The first kappa shape index (κ1) is 14.7. The third-order valence-corrected chi connectivity index (χ3v) is 2.98. The van der Waals surface area contributed by atoms with Gasteiger partial charge in [0, 0.05) is 6.54 Å². The summed E-state index contributed by atoms with van der Waals surface area (Å²) in [5.41, 5.74) is 5.29. The topological polar surface area (TPSA) is 64.3 Å². The van der Waals surface area contributed by atoms with Crippen LogP contribution >= 0.6 is 11.3 Å². The van der Waals surface area contributed by atoms with Crippen molar-refractivity contribution in [1.82, 2.24) is 5.32 Å². The lowest BCUT2D eigenvalue weighted by molar-refractivity contribution is 0.0748. The highest BCUT2D eigenvalue weighted by molar-refractivity contribution is 7.14. The van der Waals surface area contributed by atoms with E-state index in [1.165, 1.54) is 11.3 Å². The van der Waals surface area contributed by atoms with Gasteiger partial charge >= 0.3 is 0 Å². The molecule has 0 bridgehead atoms. The molecule has 5 heteroatoms. The van der Waals surface area contributed by atoms with E-state index in [1.807, 2.05) is 19.9 Å². The molecule has 1 rings (SSSR count). The highest BCUT2D eigenvalue weighted by atomic mass is 32.1. The van der Waals surface area contributed by atoms with Gasteiger partial charge in [-0.15, -0.1) is 11.3 Å². The van der Waals surface area contributed by atoms with Gasteiger partial charge in [0.2, 0.25) is 0 Å². The van der Waals surface area contributed by atoms with E-state index in [2.05, 4.69) is 17.2 Å². The molecule has 98 valence electrons. The van der Waals surface area contributed by atoms with Crippen molar-refractivity contribution in [2.75, 3.05) is 19.7 Å². The first-order chi connectivity index (χ1) is 8.63. The normalized spacial score (nSPS) is 10.0. The summed E-state index contributed by atoms with van der Waals surface area (Å²) < 4.78 is 5.34. The van der Waals surface area contributed by atoms with E-state index in [0.717, 1.165) is 4.88 Å². The van der Waals surface area contributed by atoms with Gasteiger partial charge in [-0.05, 0) is 26.0 Å². The van der Waals surface area contributed by atoms with Gasteiger partial charge in [0.1, 0.15) is 0 Å². The zero-order valence-corrected chi connectivity index (χ0v) is 11.5. The van der Waals surface area contributed by atoms with Gasteiger partial charge in [0.15, 0.2) is 0 Å². The predicted molar refractivity (Wildman–Crippen MR) is 73.7 cm³/mol. The van der Waals surface area contributed by atoms with Gasteiger partial charge in [0.05, 0.1) is 29.0 Å². The third kappa shape index (κ3) is 5.32. The maximum atomic E-state index is 11.7. The molecule has 1 amide bonds. The number of carbonyl (C=O) groups is 1. The molecule has 0 radical (unpaired) electrons. The highest BCUT2D eigenvalue weighted by Crippen LogP contribution is 2.14. The van der Waals surface area contributed by atoms with Crippen molar-refractivity contribution in [2.24, 2.45) is 5.73 Å². The number of hydrogen-bond acceptors (Lipinski definition) is 4. The maximum Gasteiger partial charge on any atom is 0.261 e. The lowest BCUT2D eigenvalue weighted by Crippen LogP contribution is -2.27. The van der Waals surface area contributed by atoms with Crippen molar-refractivity contribution >= 4 is 17.2 Å². The lowest BCUT2D eigenvalue weighted by atomic mass is 10.4. The third-order valence-electron chi connectivity index (χ3n) is 1.98. The SMILES string of the molecule is CC(C)OCCNC(=O)c1ccc(C#CCN)s1. The Kier molecular flexibility index (Phi) is 6.44. The van der Waals surface area contributed by atoms with Crippen LogP contribution in [0.5, 0.6) is 0 Å². The molecule has 1 aromatic rings. The number of hydrogen-bond donors (Lipinski definition) is 2. The average Bonchev–Trinajstić information content (AvgIpc) is 2.80. The van der Waals surface area contributed by atoms with E-state index in [-0.39, 0.29) is 12.0 Å². The molecule has 3 N–H and O–H groups in total. The van der Waals surface area contributed by atoms with Crippen molar-refractivity contribution in [3.63, 3.8) is 0 Å². The summed E-state index contributed by atoms with van der Waals surface area (Å²) in [7, 11) is 0. The average molecular weight is 266 g/mol. The molecular formula is C13H18N2O2S. The van der Waals surface area contributed by atoms with E-state index in [1.54, 1.807) is 6.07 Å². The predicted octanol–water partition coefficient (Wildman–Crippen LogP) is 1.21. The molecule has 18 heavy (non-hydrogen) atoms. The van der Waals surface area contributed by atoms with Crippen LogP contribution in [-0.2, 0) is 4.74 Å². The minimum atomic E-state index is -0.0897. The molecule has 1 aromatic heterocycles. The number of thiophene rings is 1. The number of rotatable bonds is 5. The van der Waals surface area contributed by atoms with Crippen LogP contribution in [0.2, 0.25) is 0 Å². The van der Waals surface area contributed by atoms with Crippen molar-refractivity contribution in [2.45, 2.75) is 20.0 Å². The largest absolute Gasteiger partial charge is 0.377 e. The first-order valence-electron chi connectivity index (χ1n) is 5.82. The second kappa shape index (κ2) is 7.88. The molecule has 0 spiro atoms. The van der Waals surface area contributed by atoms with Crippen molar-refractivity contribution < 1.29 is 9.53 Å². The summed E-state index contributed by atoms with van der Waals surface area (Å²) in [6.07, 6.45) is 0.182. The number of amides is 1. The fourth-order valence-electron chi connectivity index (χ4n) is 1.21. The van der Waals surface area contributed by atoms with Crippen LogP contribution in [0.25, 0.3) is 0 Å². The van der Waals surface area contributed by atoms with E-state index < -0.39 is 0 Å². The molecular weight excluding hydrogens is 248 g/mol. The Morgan fingerprint density at radius 3 is 3.00 bits per heavy atom. The Morgan fingerprint density at radius 2 is 2.33 bits per heavy atom. The van der Waals surface area contributed by atoms with Gasteiger partial charge in [-0.3, -0.25) is 4.79 Å². The molecule has 0 saturated carbocycles. The fraction of sp³-hybridized carbons (Fsp3) is 0.462. The van der Waals surface area contributed by atoms with E-state index in [4.69, 9.17) is 10.5 Å². The number of nitrogens with one attached hydrogen (secondary N) is 1. The van der Waals surface area contributed by atoms with Crippen LogP contribution in [-0.4, -0.2) is 31.7 Å². The Balaban J connectivity index is 2.40. The number of nitrogens with two attached hydrogens (primary N) is 1. The molecule has 0 atom stereocenters. The smallest absolute Gasteiger partial charge is 0.261 e. The van der Waals surface area contributed by atoms with Gasteiger partial charge in [-0.25, -0.2) is 0 Å². The molecule has 0 saturated heterocycles. The van der Waals surface area contributed by atoms with Gasteiger partial charge in [-0.1, -0.05) is 11.8 Å². The molecule has 0 aliphatic heterocycles. The Morgan fingerprint density at radius 1 is 1.56 bits per heavy atom. The van der Waals surface area contributed by atoms with Crippen LogP contribution in [0, 0.1) is 11.8 Å². The summed E-state index contributed by atoms with van der Waals surface area (Å²) in [6.45, 7) is 5.28. The summed E-state index contributed by atoms with van der Waals surface area (Å²) in [4.78, 5) is 13.3. The van der Waals surface area contributed by atoms with Crippen LogP contribution in [0.4, 0.5) is 0 Å².